The van der Waals surface area contributed by atoms with Gasteiger partial charge in [0.05, 0.1) is 30.3 Å². The summed E-state index contributed by atoms with van der Waals surface area (Å²) in [5.74, 6) is 1.16. The van der Waals surface area contributed by atoms with Gasteiger partial charge in [0.15, 0.2) is 9.84 Å². The molecule has 1 atom stereocenters. The number of sulfone groups is 1. The molecule has 0 radical (unpaired) electrons. The van der Waals surface area contributed by atoms with Gasteiger partial charge in [-0.1, -0.05) is 18.2 Å². The highest BCUT2D eigenvalue weighted by Crippen LogP contribution is 2.29. The zero-order valence-electron chi connectivity index (χ0n) is 13.4. The molecule has 0 saturated carbocycles. The van der Waals surface area contributed by atoms with Crippen molar-refractivity contribution in [2.45, 2.75) is 12.6 Å². The van der Waals surface area contributed by atoms with Gasteiger partial charge in [-0.3, -0.25) is 9.58 Å². The van der Waals surface area contributed by atoms with Crippen LogP contribution in [0.2, 0.25) is 0 Å². The van der Waals surface area contributed by atoms with Crippen LogP contribution >= 0.6 is 0 Å². The van der Waals surface area contributed by atoms with E-state index in [1.165, 1.54) is 0 Å². The number of fused-ring (bicyclic) bond motifs is 1. The Bertz CT molecular complexity index is 941. The van der Waals surface area contributed by atoms with Gasteiger partial charge in [0.25, 0.3) is 0 Å². The second-order valence-electron chi connectivity index (χ2n) is 6.30. The molecule has 24 heavy (non-hydrogen) atoms. The lowest BCUT2D eigenvalue weighted by Crippen LogP contribution is -2.42. The third-order valence-corrected chi connectivity index (χ3v) is 6.12. The fraction of sp³-hybridized carbons (Fsp3) is 0.353. The normalized spacial score (nSPS) is 21.3. The van der Waals surface area contributed by atoms with E-state index in [2.05, 4.69) is 10.00 Å². The Kier molecular flexibility index (Phi) is 3.69. The zero-order valence-corrected chi connectivity index (χ0v) is 14.2. The van der Waals surface area contributed by atoms with E-state index in [0.29, 0.717) is 13.1 Å². The van der Waals surface area contributed by atoms with Gasteiger partial charge >= 0.3 is 0 Å². The number of nitrogens with zero attached hydrogens (tertiary/aromatic N) is 3. The molecule has 7 heteroatoms. The van der Waals surface area contributed by atoms with Crippen LogP contribution in [0.4, 0.5) is 0 Å². The second kappa shape index (κ2) is 5.75. The summed E-state index contributed by atoms with van der Waals surface area (Å²) in [5, 5.41) is 5.25. The Morgan fingerprint density at radius 2 is 2.17 bits per heavy atom. The summed E-state index contributed by atoms with van der Waals surface area (Å²) in [6.45, 7) is 1.09. The van der Waals surface area contributed by atoms with Gasteiger partial charge in [0.1, 0.15) is 11.3 Å². The van der Waals surface area contributed by atoms with Crippen molar-refractivity contribution in [2.24, 2.45) is 7.05 Å². The molecule has 0 N–H and O–H groups in total. The standard InChI is InChI=1S/C17H19N3O3S/c1-19-10-14(9-18-19)16-12-24(21,22)7-6-20(16)11-15-8-13-4-2-3-5-17(13)23-15/h2-5,8-10,16H,6-7,11-12H2,1H3/t16-/m0/s1. The average molecular weight is 345 g/mol. The van der Waals surface area contributed by atoms with Crippen LogP contribution in [-0.2, 0) is 23.4 Å². The number of rotatable bonds is 3. The second-order valence-corrected chi connectivity index (χ2v) is 8.53. The fourth-order valence-electron chi connectivity index (χ4n) is 3.26. The Labute approximate surface area is 140 Å². The van der Waals surface area contributed by atoms with Crippen LogP contribution < -0.4 is 0 Å². The van der Waals surface area contributed by atoms with Crippen molar-refractivity contribution in [2.75, 3.05) is 18.1 Å². The van der Waals surface area contributed by atoms with Gasteiger partial charge in [-0.05, 0) is 12.1 Å². The molecule has 6 nitrogen and oxygen atoms in total. The van der Waals surface area contributed by atoms with E-state index in [0.717, 1.165) is 22.3 Å². The summed E-state index contributed by atoms with van der Waals surface area (Å²) < 4.78 is 31.8. The summed E-state index contributed by atoms with van der Waals surface area (Å²) >= 11 is 0. The van der Waals surface area contributed by atoms with E-state index in [4.69, 9.17) is 4.42 Å². The molecule has 0 amide bonds. The molecule has 0 unspecified atom stereocenters. The summed E-state index contributed by atoms with van der Waals surface area (Å²) in [4.78, 5) is 2.16. The van der Waals surface area contributed by atoms with E-state index < -0.39 is 9.84 Å². The first-order valence-electron chi connectivity index (χ1n) is 7.91. The SMILES string of the molecule is Cn1cc([C@@H]2CS(=O)(=O)CCN2Cc2cc3ccccc3o2)cn1. The molecule has 1 aromatic carbocycles. The first-order chi connectivity index (χ1) is 11.5. The van der Waals surface area contributed by atoms with Crippen molar-refractivity contribution < 1.29 is 12.8 Å². The molecule has 2 aromatic heterocycles. The zero-order chi connectivity index (χ0) is 16.7. The molecule has 0 spiro atoms. The van der Waals surface area contributed by atoms with Gasteiger partial charge in [-0.2, -0.15) is 5.10 Å². The van der Waals surface area contributed by atoms with Crippen molar-refractivity contribution in [1.29, 1.82) is 0 Å². The lowest BCUT2D eigenvalue weighted by Gasteiger charge is -2.34. The molecule has 0 bridgehead atoms. The van der Waals surface area contributed by atoms with Crippen LogP contribution in [0.15, 0.2) is 47.1 Å². The average Bonchev–Trinajstić information content (AvgIpc) is 3.14. The summed E-state index contributed by atoms with van der Waals surface area (Å²) in [7, 11) is -1.19. The first kappa shape index (κ1) is 15.4. The largest absolute Gasteiger partial charge is 0.460 e. The smallest absolute Gasteiger partial charge is 0.153 e. The first-order valence-corrected chi connectivity index (χ1v) is 9.73. The minimum Gasteiger partial charge on any atom is -0.460 e. The highest BCUT2D eigenvalue weighted by atomic mass is 32.2. The number of furan rings is 1. The lowest BCUT2D eigenvalue weighted by molar-refractivity contribution is 0.192. The Hall–Kier alpha value is -2.12. The summed E-state index contributed by atoms with van der Waals surface area (Å²) in [5.41, 5.74) is 1.78. The van der Waals surface area contributed by atoms with Gasteiger partial charge in [0, 0.05) is 30.7 Å². The molecular formula is C17H19N3O3S. The Morgan fingerprint density at radius 1 is 1.33 bits per heavy atom. The Morgan fingerprint density at radius 3 is 2.92 bits per heavy atom. The van der Waals surface area contributed by atoms with Crippen LogP contribution in [0.25, 0.3) is 11.0 Å². The van der Waals surface area contributed by atoms with Crippen molar-refractivity contribution in [3.05, 3.63) is 54.0 Å². The van der Waals surface area contributed by atoms with Crippen molar-refractivity contribution in [3.63, 3.8) is 0 Å². The van der Waals surface area contributed by atoms with E-state index in [1.807, 2.05) is 43.6 Å². The maximum Gasteiger partial charge on any atom is 0.153 e. The number of hydrogen-bond acceptors (Lipinski definition) is 5. The molecule has 1 aliphatic heterocycles. The van der Waals surface area contributed by atoms with Gasteiger partial charge in [-0.15, -0.1) is 0 Å². The number of hydrogen-bond donors (Lipinski definition) is 0. The van der Waals surface area contributed by atoms with Crippen molar-refractivity contribution in [3.8, 4) is 0 Å². The number of benzene rings is 1. The van der Waals surface area contributed by atoms with Gasteiger partial charge in [0.2, 0.25) is 0 Å². The number of para-hydroxylation sites is 1. The number of aromatic nitrogens is 2. The van der Waals surface area contributed by atoms with Gasteiger partial charge < -0.3 is 4.42 Å². The predicted molar refractivity (Wildman–Crippen MR) is 91.2 cm³/mol. The molecule has 126 valence electrons. The molecule has 1 saturated heterocycles. The summed E-state index contributed by atoms with van der Waals surface area (Å²) in [6.07, 6.45) is 3.63. The summed E-state index contributed by atoms with van der Waals surface area (Å²) in [6, 6.07) is 9.72. The monoisotopic (exact) mass is 345 g/mol. The third-order valence-electron chi connectivity index (χ3n) is 4.49. The van der Waals surface area contributed by atoms with E-state index >= 15 is 0 Å². The molecule has 3 aromatic rings. The molecule has 1 aliphatic rings. The molecule has 0 aliphatic carbocycles. The highest BCUT2D eigenvalue weighted by molar-refractivity contribution is 7.91. The molecule has 4 rings (SSSR count). The quantitative estimate of drug-likeness (QED) is 0.727. The Balaban J connectivity index is 1.64. The van der Waals surface area contributed by atoms with Crippen molar-refractivity contribution >= 4 is 20.8 Å². The lowest BCUT2D eigenvalue weighted by atomic mass is 10.1. The highest BCUT2D eigenvalue weighted by Gasteiger charge is 2.33. The van der Waals surface area contributed by atoms with Crippen LogP contribution in [0, 0.1) is 0 Å². The maximum absolute atomic E-state index is 12.1. The third kappa shape index (κ3) is 2.97. The van der Waals surface area contributed by atoms with Crippen LogP contribution in [0.1, 0.15) is 17.4 Å². The number of aryl methyl sites for hydroxylation is 1. The topological polar surface area (TPSA) is 68.3 Å². The molecular weight excluding hydrogens is 326 g/mol. The predicted octanol–water partition coefficient (Wildman–Crippen LogP) is 2.14. The molecule has 3 heterocycles. The van der Waals surface area contributed by atoms with E-state index in [9.17, 15) is 8.42 Å². The van der Waals surface area contributed by atoms with Gasteiger partial charge in [-0.25, -0.2) is 8.42 Å². The fourth-order valence-corrected chi connectivity index (χ4v) is 4.83. The molecule has 1 fully saturated rings. The minimum absolute atomic E-state index is 0.124. The van der Waals surface area contributed by atoms with Crippen LogP contribution in [-0.4, -0.2) is 41.1 Å². The van der Waals surface area contributed by atoms with E-state index in [-0.39, 0.29) is 17.5 Å². The van der Waals surface area contributed by atoms with Crippen molar-refractivity contribution in [1.82, 2.24) is 14.7 Å². The minimum atomic E-state index is -3.03. The van der Waals surface area contributed by atoms with E-state index in [1.54, 1.807) is 10.9 Å². The maximum atomic E-state index is 12.1. The van der Waals surface area contributed by atoms with Crippen LogP contribution in [0.5, 0.6) is 0 Å². The van der Waals surface area contributed by atoms with Crippen LogP contribution in [0.3, 0.4) is 0 Å².